The summed E-state index contributed by atoms with van der Waals surface area (Å²) in [5.74, 6) is 0.774. The molecule has 3 rings (SSSR count). The Morgan fingerprint density at radius 3 is 3.12 bits per heavy atom. The minimum Gasteiger partial charge on any atom is -0.324 e. The number of fused-ring (bicyclic) bond motifs is 1. The zero-order chi connectivity index (χ0) is 11.2. The van der Waals surface area contributed by atoms with Gasteiger partial charge in [-0.1, -0.05) is 0 Å². The molecule has 2 nitrogen and oxygen atoms in total. The summed E-state index contributed by atoms with van der Waals surface area (Å²) in [4.78, 5) is 4.12. The third-order valence-corrected chi connectivity index (χ3v) is 4.98. The van der Waals surface area contributed by atoms with E-state index in [2.05, 4.69) is 23.3 Å². The van der Waals surface area contributed by atoms with E-state index >= 15 is 0 Å². The summed E-state index contributed by atoms with van der Waals surface area (Å²) in [5, 5.41) is 2.22. The molecule has 0 radical (unpaired) electrons. The molecule has 0 saturated heterocycles. The van der Waals surface area contributed by atoms with Gasteiger partial charge < -0.3 is 5.73 Å². The molecule has 1 aliphatic heterocycles. The fourth-order valence-electron chi connectivity index (χ4n) is 2.80. The van der Waals surface area contributed by atoms with Gasteiger partial charge in [-0.25, -0.2) is 0 Å². The van der Waals surface area contributed by atoms with Crippen molar-refractivity contribution in [3.8, 4) is 0 Å². The Kier molecular flexibility index (Phi) is 2.57. The second-order valence-electron chi connectivity index (χ2n) is 5.61. The maximum Gasteiger partial charge on any atom is 0.0283 e. The molecule has 1 aromatic heterocycles. The van der Waals surface area contributed by atoms with E-state index in [0.29, 0.717) is 0 Å². The summed E-state index contributed by atoms with van der Waals surface area (Å²) >= 11 is 1.91. The van der Waals surface area contributed by atoms with Gasteiger partial charge in [0.05, 0.1) is 0 Å². The Hall–Kier alpha value is -0.380. The van der Waals surface area contributed by atoms with Gasteiger partial charge in [-0.3, -0.25) is 4.90 Å². The molecule has 0 bridgehead atoms. The fourth-order valence-corrected chi connectivity index (χ4v) is 3.69. The van der Waals surface area contributed by atoms with Crippen LogP contribution in [0.3, 0.4) is 0 Å². The molecule has 16 heavy (non-hydrogen) atoms. The standard InChI is InChI=1S/C13H20N2S/c1-13(14,11-2-3-11)9-15-6-4-12-10(8-15)5-7-16-12/h5,7,11H,2-4,6,8-9,14H2,1H3. The molecule has 88 valence electrons. The Morgan fingerprint density at radius 2 is 2.38 bits per heavy atom. The van der Waals surface area contributed by atoms with E-state index in [9.17, 15) is 0 Å². The van der Waals surface area contributed by atoms with Gasteiger partial charge in [-0.15, -0.1) is 11.3 Å². The van der Waals surface area contributed by atoms with Crippen molar-refractivity contribution in [3.05, 3.63) is 21.9 Å². The monoisotopic (exact) mass is 236 g/mol. The van der Waals surface area contributed by atoms with Gasteiger partial charge >= 0.3 is 0 Å². The lowest BCUT2D eigenvalue weighted by atomic mass is 9.95. The predicted molar refractivity (Wildman–Crippen MR) is 68.6 cm³/mol. The minimum absolute atomic E-state index is 0.0352. The topological polar surface area (TPSA) is 29.3 Å². The van der Waals surface area contributed by atoms with Gasteiger partial charge in [-0.05, 0) is 49.1 Å². The zero-order valence-electron chi connectivity index (χ0n) is 9.91. The minimum atomic E-state index is 0.0352. The van der Waals surface area contributed by atoms with Crippen LogP contribution in [0.2, 0.25) is 0 Å². The van der Waals surface area contributed by atoms with Crippen LogP contribution in [-0.4, -0.2) is 23.5 Å². The first kappa shape index (κ1) is 10.8. The normalized spacial score (nSPS) is 25.1. The highest BCUT2D eigenvalue weighted by Gasteiger charge is 2.39. The molecule has 1 fully saturated rings. The van der Waals surface area contributed by atoms with E-state index in [1.54, 1.807) is 4.88 Å². The van der Waals surface area contributed by atoms with Gasteiger partial charge in [0.15, 0.2) is 0 Å². The van der Waals surface area contributed by atoms with Crippen LogP contribution in [-0.2, 0) is 13.0 Å². The summed E-state index contributed by atoms with van der Waals surface area (Å²) in [7, 11) is 0. The molecule has 3 heteroatoms. The molecule has 2 aliphatic rings. The van der Waals surface area contributed by atoms with Crippen molar-refractivity contribution in [2.75, 3.05) is 13.1 Å². The van der Waals surface area contributed by atoms with Crippen LogP contribution < -0.4 is 5.73 Å². The third kappa shape index (κ3) is 2.04. The highest BCUT2D eigenvalue weighted by molar-refractivity contribution is 7.10. The Morgan fingerprint density at radius 1 is 1.56 bits per heavy atom. The Balaban J connectivity index is 1.65. The van der Waals surface area contributed by atoms with Gasteiger partial charge in [0, 0.05) is 30.1 Å². The van der Waals surface area contributed by atoms with E-state index in [4.69, 9.17) is 5.73 Å². The molecule has 1 atom stereocenters. The summed E-state index contributed by atoms with van der Waals surface area (Å²) in [6.07, 6.45) is 3.89. The van der Waals surface area contributed by atoms with Crippen molar-refractivity contribution < 1.29 is 0 Å². The highest BCUT2D eigenvalue weighted by Crippen LogP contribution is 2.39. The quantitative estimate of drug-likeness (QED) is 0.872. The Bertz CT molecular complexity index is 379. The molecular formula is C13H20N2S. The van der Waals surface area contributed by atoms with Crippen LogP contribution in [0.25, 0.3) is 0 Å². The van der Waals surface area contributed by atoms with Crippen LogP contribution in [0.15, 0.2) is 11.4 Å². The molecule has 1 aromatic rings. The Labute approximate surface area is 101 Å². The molecule has 2 N–H and O–H groups in total. The van der Waals surface area contributed by atoms with Crippen LogP contribution in [0, 0.1) is 5.92 Å². The lowest BCUT2D eigenvalue weighted by Gasteiger charge is -2.35. The maximum atomic E-state index is 6.41. The summed E-state index contributed by atoms with van der Waals surface area (Å²) in [6.45, 7) is 5.59. The van der Waals surface area contributed by atoms with E-state index in [0.717, 1.165) is 19.0 Å². The zero-order valence-corrected chi connectivity index (χ0v) is 10.7. The number of thiophene rings is 1. The van der Waals surface area contributed by atoms with Crippen molar-refractivity contribution in [2.45, 2.75) is 38.3 Å². The molecular weight excluding hydrogens is 216 g/mol. The van der Waals surface area contributed by atoms with Crippen molar-refractivity contribution >= 4 is 11.3 Å². The molecule has 1 saturated carbocycles. The molecule has 0 aromatic carbocycles. The third-order valence-electron chi connectivity index (χ3n) is 3.96. The van der Waals surface area contributed by atoms with Crippen LogP contribution in [0.5, 0.6) is 0 Å². The number of hydrogen-bond donors (Lipinski definition) is 1. The molecule has 1 aliphatic carbocycles. The van der Waals surface area contributed by atoms with Crippen LogP contribution in [0.4, 0.5) is 0 Å². The molecule has 0 amide bonds. The number of nitrogens with two attached hydrogens (primary N) is 1. The first-order valence-electron chi connectivity index (χ1n) is 6.22. The summed E-state index contributed by atoms with van der Waals surface area (Å²) in [6, 6.07) is 2.27. The van der Waals surface area contributed by atoms with Crippen molar-refractivity contribution in [1.82, 2.24) is 4.90 Å². The van der Waals surface area contributed by atoms with Crippen molar-refractivity contribution in [1.29, 1.82) is 0 Å². The van der Waals surface area contributed by atoms with Gasteiger partial charge in [0.2, 0.25) is 0 Å². The number of rotatable bonds is 3. The predicted octanol–water partition coefficient (Wildman–Crippen LogP) is 2.23. The SMILES string of the molecule is CC(N)(CN1CCc2sccc2C1)C1CC1. The van der Waals surface area contributed by atoms with Crippen LogP contribution >= 0.6 is 11.3 Å². The molecule has 1 unspecified atom stereocenters. The second-order valence-corrected chi connectivity index (χ2v) is 6.61. The van der Waals surface area contributed by atoms with E-state index < -0.39 is 0 Å². The first-order chi connectivity index (χ1) is 7.65. The first-order valence-corrected chi connectivity index (χ1v) is 7.09. The number of nitrogens with zero attached hydrogens (tertiary/aromatic N) is 1. The fraction of sp³-hybridized carbons (Fsp3) is 0.692. The largest absolute Gasteiger partial charge is 0.324 e. The highest BCUT2D eigenvalue weighted by atomic mass is 32.1. The molecule has 2 heterocycles. The van der Waals surface area contributed by atoms with E-state index in [-0.39, 0.29) is 5.54 Å². The van der Waals surface area contributed by atoms with Crippen LogP contribution in [0.1, 0.15) is 30.2 Å². The number of hydrogen-bond acceptors (Lipinski definition) is 3. The second kappa shape index (κ2) is 3.83. The van der Waals surface area contributed by atoms with Gasteiger partial charge in [0.1, 0.15) is 0 Å². The molecule has 0 spiro atoms. The smallest absolute Gasteiger partial charge is 0.0283 e. The average molecular weight is 236 g/mol. The van der Waals surface area contributed by atoms with Crippen molar-refractivity contribution in [2.24, 2.45) is 11.7 Å². The lowest BCUT2D eigenvalue weighted by molar-refractivity contribution is 0.189. The lowest BCUT2D eigenvalue weighted by Crippen LogP contribution is -2.50. The van der Waals surface area contributed by atoms with E-state index in [1.165, 1.54) is 31.4 Å². The summed E-state index contributed by atoms with van der Waals surface area (Å²) < 4.78 is 0. The van der Waals surface area contributed by atoms with Gasteiger partial charge in [0.25, 0.3) is 0 Å². The van der Waals surface area contributed by atoms with Gasteiger partial charge in [-0.2, -0.15) is 0 Å². The van der Waals surface area contributed by atoms with E-state index in [1.807, 2.05) is 11.3 Å². The summed E-state index contributed by atoms with van der Waals surface area (Å²) in [5.41, 5.74) is 7.97. The van der Waals surface area contributed by atoms with Crippen molar-refractivity contribution in [3.63, 3.8) is 0 Å². The maximum absolute atomic E-state index is 6.41. The average Bonchev–Trinajstić information content (AvgIpc) is 2.99.